The Morgan fingerprint density at radius 2 is 0.923 bits per heavy atom. The summed E-state index contributed by atoms with van der Waals surface area (Å²) in [6.45, 7) is -0.275. The lowest BCUT2D eigenvalue weighted by Gasteiger charge is -2.41. The molecule has 0 heterocycles. The Hall–Kier alpha value is -0.400. The van der Waals surface area contributed by atoms with Gasteiger partial charge in [0.25, 0.3) is 0 Å². The van der Waals surface area contributed by atoms with Crippen molar-refractivity contribution in [3.8, 4) is 0 Å². The topological polar surface area (TPSA) is 171 Å². The summed E-state index contributed by atoms with van der Waals surface area (Å²) in [4.78, 5) is 0. The predicted molar refractivity (Wildman–Crippen MR) is 91.7 cm³/mol. The third kappa shape index (κ3) is 11.3. The molecular formula is C16H36NO9+. The first kappa shape index (κ1) is 25.6. The molecule has 0 spiro atoms. The normalized spacial score (nSPS) is 18.9. The molecule has 4 atom stereocenters. The first-order chi connectivity index (χ1) is 12.3. The highest BCUT2D eigenvalue weighted by Crippen LogP contribution is 2.17. The summed E-state index contributed by atoms with van der Waals surface area (Å²) in [5.41, 5.74) is 0. The van der Waals surface area contributed by atoms with Crippen LogP contribution in [-0.4, -0.2) is 123 Å². The van der Waals surface area contributed by atoms with Crippen LogP contribution < -0.4 is 0 Å². The minimum absolute atomic E-state index is 0.167. The van der Waals surface area contributed by atoms with E-state index in [1.54, 1.807) is 0 Å². The first-order valence-corrected chi connectivity index (χ1v) is 8.94. The smallest absolute Gasteiger partial charge is 0.162 e. The highest BCUT2D eigenvalue weighted by molar-refractivity contribution is 4.61. The van der Waals surface area contributed by atoms with Gasteiger partial charge in [-0.3, -0.25) is 0 Å². The van der Waals surface area contributed by atoms with Crippen molar-refractivity contribution >= 4 is 0 Å². The van der Waals surface area contributed by atoms with Crippen molar-refractivity contribution in [2.75, 3.05) is 52.8 Å². The lowest BCUT2D eigenvalue weighted by atomic mass is 10.1. The van der Waals surface area contributed by atoms with Crippen LogP contribution in [0.25, 0.3) is 0 Å². The standard InChI is InChI=1S/C16H36NO9/c18-9-13(22)1-5-17(6-2-14(23)10-19,7-3-15(24)11-20)8-4-16(25)26-12-21/h13-16,18-25H,1-12H2/q+1/t13-,14?,15?,16?,17?/m1/s1. The summed E-state index contributed by atoms with van der Waals surface area (Å²) in [5.74, 6) is 0. The Balaban J connectivity index is 5.14. The zero-order chi connectivity index (χ0) is 20.0. The molecular weight excluding hydrogens is 350 g/mol. The van der Waals surface area contributed by atoms with E-state index >= 15 is 0 Å². The van der Waals surface area contributed by atoms with Gasteiger partial charge in [0.2, 0.25) is 0 Å². The van der Waals surface area contributed by atoms with Gasteiger partial charge in [0, 0.05) is 25.7 Å². The van der Waals surface area contributed by atoms with Crippen LogP contribution in [0.2, 0.25) is 0 Å². The second-order valence-corrected chi connectivity index (χ2v) is 6.65. The molecule has 0 aromatic carbocycles. The SMILES string of the molecule is OCOC(O)CC[N+](CCC(O)CO)(CCC(O)CO)CC[C@@H](O)CO. The molecule has 10 heteroatoms. The van der Waals surface area contributed by atoms with Crippen molar-refractivity contribution in [1.82, 2.24) is 0 Å². The molecule has 0 radical (unpaired) electrons. The van der Waals surface area contributed by atoms with E-state index in [4.69, 9.17) is 25.2 Å². The van der Waals surface area contributed by atoms with E-state index in [1.165, 1.54) is 0 Å². The molecule has 0 aromatic rings. The lowest BCUT2D eigenvalue weighted by Crippen LogP contribution is -2.54. The molecule has 0 aliphatic heterocycles. The van der Waals surface area contributed by atoms with Crippen LogP contribution in [-0.2, 0) is 4.74 Å². The maximum absolute atomic E-state index is 9.72. The van der Waals surface area contributed by atoms with Gasteiger partial charge in [0.05, 0.1) is 64.3 Å². The van der Waals surface area contributed by atoms with Gasteiger partial charge >= 0.3 is 0 Å². The quantitative estimate of drug-likeness (QED) is 0.0942. The molecule has 26 heavy (non-hydrogen) atoms. The molecule has 0 saturated carbocycles. The van der Waals surface area contributed by atoms with Gasteiger partial charge in [0.1, 0.15) is 6.79 Å². The van der Waals surface area contributed by atoms with Crippen LogP contribution in [0.5, 0.6) is 0 Å². The van der Waals surface area contributed by atoms with Gasteiger partial charge in [-0.2, -0.15) is 0 Å². The largest absolute Gasteiger partial charge is 0.394 e. The minimum Gasteiger partial charge on any atom is -0.394 e. The zero-order valence-electron chi connectivity index (χ0n) is 15.2. The molecule has 0 saturated heterocycles. The van der Waals surface area contributed by atoms with E-state index in [1.807, 2.05) is 0 Å². The number of nitrogens with zero attached hydrogens (tertiary/aromatic N) is 1. The number of hydrogen-bond donors (Lipinski definition) is 8. The second-order valence-electron chi connectivity index (χ2n) is 6.65. The predicted octanol–water partition coefficient (Wildman–Crippen LogP) is -3.29. The molecule has 8 N–H and O–H groups in total. The third-order valence-electron chi connectivity index (χ3n) is 4.56. The van der Waals surface area contributed by atoms with Gasteiger partial charge in [0.15, 0.2) is 6.29 Å². The van der Waals surface area contributed by atoms with Crippen LogP contribution in [0.3, 0.4) is 0 Å². The summed E-state index contributed by atoms with van der Waals surface area (Å²) in [6.07, 6.45) is -3.00. The van der Waals surface area contributed by atoms with Gasteiger partial charge in [-0.15, -0.1) is 0 Å². The molecule has 0 rings (SSSR count). The van der Waals surface area contributed by atoms with Crippen LogP contribution in [0.1, 0.15) is 25.7 Å². The molecule has 0 fully saturated rings. The Kier molecular flexibility index (Phi) is 14.4. The number of hydrogen-bond acceptors (Lipinski definition) is 9. The highest BCUT2D eigenvalue weighted by atomic mass is 16.7. The monoisotopic (exact) mass is 386 g/mol. The van der Waals surface area contributed by atoms with Crippen LogP contribution in [0.4, 0.5) is 0 Å². The molecule has 0 bridgehead atoms. The average Bonchev–Trinajstić information content (AvgIpc) is 2.65. The maximum Gasteiger partial charge on any atom is 0.162 e. The highest BCUT2D eigenvalue weighted by Gasteiger charge is 2.30. The van der Waals surface area contributed by atoms with Gasteiger partial charge < -0.3 is 50.1 Å². The van der Waals surface area contributed by atoms with Crippen molar-refractivity contribution in [1.29, 1.82) is 0 Å². The van der Waals surface area contributed by atoms with E-state index in [9.17, 15) is 20.4 Å². The molecule has 0 aliphatic carbocycles. The van der Waals surface area contributed by atoms with Gasteiger partial charge in [-0.25, -0.2) is 0 Å². The fourth-order valence-corrected chi connectivity index (χ4v) is 2.77. The Morgan fingerprint density at radius 1 is 0.577 bits per heavy atom. The summed E-state index contributed by atoms with van der Waals surface area (Å²) in [6, 6.07) is 0. The summed E-state index contributed by atoms with van der Waals surface area (Å²) < 4.78 is 4.99. The maximum atomic E-state index is 9.72. The molecule has 10 nitrogen and oxygen atoms in total. The third-order valence-corrected chi connectivity index (χ3v) is 4.56. The lowest BCUT2D eigenvalue weighted by molar-refractivity contribution is -0.930. The van der Waals surface area contributed by atoms with E-state index < -0.39 is 51.2 Å². The fraction of sp³-hybridized carbons (Fsp3) is 1.00. The molecule has 158 valence electrons. The Labute approximate surface area is 154 Å². The number of ether oxygens (including phenoxy) is 1. The average molecular weight is 386 g/mol. The summed E-state index contributed by atoms with van der Waals surface area (Å²) >= 11 is 0. The van der Waals surface area contributed by atoms with Gasteiger partial charge in [-0.05, 0) is 0 Å². The van der Waals surface area contributed by atoms with E-state index in [2.05, 4.69) is 0 Å². The van der Waals surface area contributed by atoms with Crippen molar-refractivity contribution < 1.29 is 50.1 Å². The van der Waals surface area contributed by atoms with Crippen LogP contribution >= 0.6 is 0 Å². The number of aliphatic hydroxyl groups excluding tert-OH is 8. The number of quaternary nitrogens is 1. The summed E-state index contributed by atoms with van der Waals surface area (Å²) in [5, 5.41) is 74.6. The zero-order valence-corrected chi connectivity index (χ0v) is 15.2. The minimum atomic E-state index is -1.19. The van der Waals surface area contributed by atoms with E-state index in [0.717, 1.165) is 0 Å². The molecule has 0 aliphatic rings. The molecule has 3 unspecified atom stereocenters. The summed E-state index contributed by atoms with van der Waals surface area (Å²) in [7, 11) is 0. The van der Waals surface area contributed by atoms with Crippen molar-refractivity contribution in [3.63, 3.8) is 0 Å². The molecule has 0 amide bonds. The van der Waals surface area contributed by atoms with E-state index in [0.29, 0.717) is 26.2 Å². The fourth-order valence-electron chi connectivity index (χ4n) is 2.77. The number of rotatable bonds is 17. The second kappa shape index (κ2) is 14.6. The van der Waals surface area contributed by atoms with Gasteiger partial charge in [-0.1, -0.05) is 0 Å². The van der Waals surface area contributed by atoms with Crippen molar-refractivity contribution in [2.45, 2.75) is 50.3 Å². The Morgan fingerprint density at radius 3 is 1.23 bits per heavy atom. The van der Waals surface area contributed by atoms with Crippen LogP contribution in [0.15, 0.2) is 0 Å². The first-order valence-electron chi connectivity index (χ1n) is 8.94. The van der Waals surface area contributed by atoms with Crippen molar-refractivity contribution in [2.24, 2.45) is 0 Å². The van der Waals surface area contributed by atoms with Crippen LogP contribution in [0, 0.1) is 0 Å². The Bertz CT molecular complexity index is 299. The van der Waals surface area contributed by atoms with Crippen molar-refractivity contribution in [3.05, 3.63) is 0 Å². The van der Waals surface area contributed by atoms with E-state index in [-0.39, 0.29) is 30.2 Å². The number of aliphatic hydroxyl groups is 8. The molecule has 0 aromatic heterocycles.